The average Bonchev–Trinajstić information content (AvgIpc) is 2.25. The lowest BCUT2D eigenvalue weighted by molar-refractivity contribution is 0.0616. The standard InChI is InChI=1S/C11H16O3/c1-12-7-8-14-9-10-3-5-11(13-2)6-4-10/h3-6H,7-9H2,1-2H3. The van der Waals surface area contributed by atoms with E-state index in [9.17, 15) is 0 Å². The Morgan fingerprint density at radius 2 is 1.71 bits per heavy atom. The van der Waals surface area contributed by atoms with Gasteiger partial charge in [-0.25, -0.2) is 0 Å². The minimum absolute atomic E-state index is 0.618. The monoisotopic (exact) mass is 196 g/mol. The van der Waals surface area contributed by atoms with E-state index >= 15 is 0 Å². The van der Waals surface area contributed by atoms with Gasteiger partial charge < -0.3 is 14.2 Å². The second kappa shape index (κ2) is 6.40. The van der Waals surface area contributed by atoms with Crippen molar-refractivity contribution in [2.75, 3.05) is 27.4 Å². The second-order valence-electron chi connectivity index (χ2n) is 2.89. The highest BCUT2D eigenvalue weighted by atomic mass is 16.5. The van der Waals surface area contributed by atoms with Crippen molar-refractivity contribution in [3.05, 3.63) is 29.8 Å². The van der Waals surface area contributed by atoms with Crippen LogP contribution >= 0.6 is 0 Å². The zero-order chi connectivity index (χ0) is 10.2. The fourth-order valence-electron chi connectivity index (χ4n) is 1.05. The van der Waals surface area contributed by atoms with Crippen LogP contribution in [0.5, 0.6) is 5.75 Å². The summed E-state index contributed by atoms with van der Waals surface area (Å²) in [6.07, 6.45) is 0. The Balaban J connectivity index is 2.29. The minimum Gasteiger partial charge on any atom is -0.497 e. The zero-order valence-corrected chi connectivity index (χ0v) is 8.66. The highest BCUT2D eigenvalue weighted by Gasteiger charge is 1.94. The van der Waals surface area contributed by atoms with Crippen molar-refractivity contribution in [1.29, 1.82) is 0 Å². The summed E-state index contributed by atoms with van der Waals surface area (Å²) in [7, 11) is 3.32. The Morgan fingerprint density at radius 3 is 2.29 bits per heavy atom. The van der Waals surface area contributed by atoms with Gasteiger partial charge in [0.1, 0.15) is 5.75 Å². The van der Waals surface area contributed by atoms with Crippen LogP contribution in [0.15, 0.2) is 24.3 Å². The van der Waals surface area contributed by atoms with E-state index in [1.54, 1.807) is 14.2 Å². The first-order valence-corrected chi connectivity index (χ1v) is 4.56. The lowest BCUT2D eigenvalue weighted by Gasteiger charge is -2.04. The van der Waals surface area contributed by atoms with Gasteiger partial charge in [-0.05, 0) is 17.7 Å². The largest absolute Gasteiger partial charge is 0.497 e. The molecule has 0 fully saturated rings. The van der Waals surface area contributed by atoms with Crippen LogP contribution in [0.3, 0.4) is 0 Å². The Morgan fingerprint density at radius 1 is 1.00 bits per heavy atom. The van der Waals surface area contributed by atoms with Gasteiger partial charge >= 0.3 is 0 Å². The first-order valence-electron chi connectivity index (χ1n) is 4.56. The smallest absolute Gasteiger partial charge is 0.118 e. The van der Waals surface area contributed by atoms with E-state index in [1.165, 1.54) is 0 Å². The third-order valence-corrected chi connectivity index (χ3v) is 1.86. The maximum atomic E-state index is 5.37. The summed E-state index contributed by atoms with van der Waals surface area (Å²) >= 11 is 0. The molecular formula is C11H16O3. The first kappa shape index (κ1) is 11.0. The maximum absolute atomic E-state index is 5.37. The summed E-state index contributed by atoms with van der Waals surface area (Å²) in [6, 6.07) is 7.83. The molecule has 0 unspecified atom stereocenters. The van der Waals surface area contributed by atoms with Crippen LogP contribution in [-0.2, 0) is 16.1 Å². The van der Waals surface area contributed by atoms with E-state index in [4.69, 9.17) is 14.2 Å². The molecule has 1 rings (SSSR count). The molecule has 0 saturated carbocycles. The molecule has 0 aliphatic carbocycles. The quantitative estimate of drug-likeness (QED) is 0.650. The van der Waals surface area contributed by atoms with Crippen LogP contribution in [0.2, 0.25) is 0 Å². The molecule has 0 aliphatic heterocycles. The van der Waals surface area contributed by atoms with Gasteiger partial charge in [-0.1, -0.05) is 12.1 Å². The Labute approximate surface area is 84.6 Å². The third-order valence-electron chi connectivity index (χ3n) is 1.86. The molecule has 3 nitrogen and oxygen atoms in total. The van der Waals surface area contributed by atoms with Gasteiger partial charge in [0.2, 0.25) is 0 Å². The van der Waals surface area contributed by atoms with E-state index in [0.717, 1.165) is 11.3 Å². The van der Waals surface area contributed by atoms with Crippen LogP contribution < -0.4 is 4.74 Å². The lowest BCUT2D eigenvalue weighted by Crippen LogP contribution is -2.01. The number of hydrogen-bond acceptors (Lipinski definition) is 3. The lowest BCUT2D eigenvalue weighted by atomic mass is 10.2. The van der Waals surface area contributed by atoms with Crippen molar-refractivity contribution < 1.29 is 14.2 Å². The van der Waals surface area contributed by atoms with E-state index in [0.29, 0.717) is 19.8 Å². The Kier molecular flexibility index (Phi) is 5.04. The highest BCUT2D eigenvalue weighted by Crippen LogP contribution is 2.11. The minimum atomic E-state index is 0.618. The number of ether oxygens (including phenoxy) is 3. The van der Waals surface area contributed by atoms with Crippen molar-refractivity contribution >= 4 is 0 Å². The molecule has 0 radical (unpaired) electrons. The molecule has 0 atom stereocenters. The highest BCUT2D eigenvalue weighted by molar-refractivity contribution is 5.26. The third kappa shape index (κ3) is 3.77. The van der Waals surface area contributed by atoms with Gasteiger partial charge in [0, 0.05) is 7.11 Å². The predicted molar refractivity (Wildman–Crippen MR) is 54.5 cm³/mol. The molecule has 0 bridgehead atoms. The van der Waals surface area contributed by atoms with Crippen molar-refractivity contribution in [2.45, 2.75) is 6.61 Å². The average molecular weight is 196 g/mol. The van der Waals surface area contributed by atoms with Gasteiger partial charge in [-0.3, -0.25) is 0 Å². The van der Waals surface area contributed by atoms with Crippen molar-refractivity contribution in [1.82, 2.24) is 0 Å². The molecular weight excluding hydrogens is 180 g/mol. The SMILES string of the molecule is COCCOCc1ccc(OC)cc1. The summed E-state index contributed by atoms with van der Waals surface area (Å²) in [5, 5.41) is 0. The molecule has 0 amide bonds. The molecule has 1 aromatic rings. The van der Waals surface area contributed by atoms with Crippen molar-refractivity contribution in [3.63, 3.8) is 0 Å². The molecule has 14 heavy (non-hydrogen) atoms. The second-order valence-corrected chi connectivity index (χ2v) is 2.89. The molecule has 0 N–H and O–H groups in total. The fourth-order valence-corrected chi connectivity index (χ4v) is 1.05. The van der Waals surface area contributed by atoms with Crippen molar-refractivity contribution in [2.24, 2.45) is 0 Å². The number of rotatable bonds is 6. The number of methoxy groups -OCH3 is 2. The van der Waals surface area contributed by atoms with Crippen LogP contribution in [0.25, 0.3) is 0 Å². The predicted octanol–water partition coefficient (Wildman–Crippen LogP) is 1.86. The first-order chi connectivity index (χ1) is 6.86. The van der Waals surface area contributed by atoms with E-state index in [-0.39, 0.29) is 0 Å². The number of benzene rings is 1. The van der Waals surface area contributed by atoms with Crippen LogP contribution in [0, 0.1) is 0 Å². The zero-order valence-electron chi connectivity index (χ0n) is 8.66. The Bertz CT molecular complexity index is 243. The van der Waals surface area contributed by atoms with Crippen LogP contribution in [0.1, 0.15) is 5.56 Å². The Hall–Kier alpha value is -1.06. The summed E-state index contributed by atoms with van der Waals surface area (Å²) in [5.74, 6) is 0.866. The molecule has 0 spiro atoms. The van der Waals surface area contributed by atoms with E-state index < -0.39 is 0 Å². The van der Waals surface area contributed by atoms with Gasteiger partial charge in [0.05, 0.1) is 26.9 Å². The fraction of sp³-hybridized carbons (Fsp3) is 0.455. The molecule has 78 valence electrons. The summed E-state index contributed by atoms with van der Waals surface area (Å²) < 4.78 is 15.3. The maximum Gasteiger partial charge on any atom is 0.118 e. The topological polar surface area (TPSA) is 27.7 Å². The van der Waals surface area contributed by atoms with Gasteiger partial charge in [0.15, 0.2) is 0 Å². The molecule has 3 heteroatoms. The summed E-state index contributed by atoms with van der Waals surface area (Å²) in [5.41, 5.74) is 1.14. The van der Waals surface area contributed by atoms with E-state index in [1.807, 2.05) is 24.3 Å². The summed E-state index contributed by atoms with van der Waals surface area (Å²) in [4.78, 5) is 0. The van der Waals surface area contributed by atoms with Gasteiger partial charge in [-0.15, -0.1) is 0 Å². The van der Waals surface area contributed by atoms with E-state index in [2.05, 4.69) is 0 Å². The molecule has 0 aliphatic rings. The normalized spacial score (nSPS) is 10.1. The van der Waals surface area contributed by atoms with Gasteiger partial charge in [-0.2, -0.15) is 0 Å². The van der Waals surface area contributed by atoms with Crippen LogP contribution in [0.4, 0.5) is 0 Å². The molecule has 0 heterocycles. The summed E-state index contributed by atoms with van der Waals surface area (Å²) in [6.45, 7) is 1.88. The molecule has 1 aromatic carbocycles. The van der Waals surface area contributed by atoms with Crippen LogP contribution in [-0.4, -0.2) is 27.4 Å². The van der Waals surface area contributed by atoms with Crippen molar-refractivity contribution in [3.8, 4) is 5.75 Å². The molecule has 0 aromatic heterocycles. The number of hydrogen-bond donors (Lipinski definition) is 0. The molecule has 0 saturated heterocycles. The van der Waals surface area contributed by atoms with Gasteiger partial charge in [0.25, 0.3) is 0 Å².